The molecule has 3 aliphatic heterocycles. The van der Waals surface area contributed by atoms with Gasteiger partial charge in [-0.15, -0.1) is 0 Å². The van der Waals surface area contributed by atoms with E-state index in [1.165, 1.54) is 0 Å². The number of aliphatic hydroxyl groups excluding tert-OH is 4. The molecule has 9 atom stereocenters. The number of halogens is 1. The molecule has 3 heterocycles. The minimum atomic E-state index is -2.69. The lowest BCUT2D eigenvalue weighted by molar-refractivity contribution is -0.390. The number of hydrogen-bond donors (Lipinski definition) is 6. The van der Waals surface area contributed by atoms with Crippen molar-refractivity contribution in [2.24, 2.45) is 0 Å². The highest BCUT2D eigenvalue weighted by atomic mass is 79.9. The van der Waals surface area contributed by atoms with Crippen molar-refractivity contribution in [3.05, 3.63) is 0 Å². The minimum Gasteiger partial charge on any atom is -0.388 e. The Balaban J connectivity index is 1.74. The lowest BCUT2D eigenvalue weighted by atomic mass is 9.97. The molecule has 0 aromatic carbocycles. The van der Waals surface area contributed by atoms with E-state index in [4.69, 9.17) is 18.9 Å². The predicted molar refractivity (Wildman–Crippen MR) is 73.1 cm³/mol. The molecule has 134 valence electrons. The van der Waals surface area contributed by atoms with Crippen LogP contribution in [0, 0.1) is 0 Å². The first kappa shape index (κ1) is 17.9. The zero-order valence-electron chi connectivity index (χ0n) is 11.8. The lowest BCUT2D eigenvalue weighted by Crippen LogP contribution is -2.66. The monoisotopic (exact) mass is 402 g/mol. The number of alkyl halides is 1. The van der Waals surface area contributed by atoms with Gasteiger partial charge < -0.3 is 49.6 Å². The van der Waals surface area contributed by atoms with E-state index in [1.807, 2.05) is 0 Å². The molecule has 3 fully saturated rings. The van der Waals surface area contributed by atoms with E-state index in [9.17, 15) is 30.6 Å². The second-order valence-electron chi connectivity index (χ2n) is 5.83. The van der Waals surface area contributed by atoms with Gasteiger partial charge >= 0.3 is 0 Å². The Morgan fingerprint density at radius 1 is 1.04 bits per heavy atom. The first-order valence-electron chi connectivity index (χ1n) is 7.08. The quantitative estimate of drug-likeness (QED) is 0.205. The average molecular weight is 403 g/mol. The summed E-state index contributed by atoms with van der Waals surface area (Å²) in [5, 5.41) is 59.1. The molecule has 0 spiro atoms. The van der Waals surface area contributed by atoms with E-state index in [1.54, 1.807) is 0 Å². The molecule has 11 heteroatoms. The molecule has 10 nitrogen and oxygen atoms in total. The average Bonchev–Trinajstić information content (AvgIpc) is 2.85. The van der Waals surface area contributed by atoms with Crippen molar-refractivity contribution in [3.8, 4) is 0 Å². The summed E-state index contributed by atoms with van der Waals surface area (Å²) in [6, 6.07) is 0. The van der Waals surface area contributed by atoms with Crippen molar-refractivity contribution < 1.29 is 49.6 Å². The van der Waals surface area contributed by atoms with Gasteiger partial charge in [0, 0.05) is 5.33 Å². The van der Waals surface area contributed by atoms with E-state index < -0.39 is 61.1 Å². The van der Waals surface area contributed by atoms with Crippen molar-refractivity contribution in [3.63, 3.8) is 0 Å². The first-order chi connectivity index (χ1) is 10.8. The summed E-state index contributed by atoms with van der Waals surface area (Å²) in [4.78, 5) is 0. The zero-order chi connectivity index (χ0) is 16.9. The molecule has 23 heavy (non-hydrogen) atoms. The van der Waals surface area contributed by atoms with Gasteiger partial charge in [-0.25, -0.2) is 0 Å². The minimum absolute atomic E-state index is 0.0505. The predicted octanol–water partition coefficient (Wildman–Crippen LogP) is -3.63. The van der Waals surface area contributed by atoms with Crippen molar-refractivity contribution >= 4 is 15.9 Å². The molecule has 0 saturated carbocycles. The van der Waals surface area contributed by atoms with Crippen LogP contribution in [0.4, 0.5) is 0 Å². The van der Waals surface area contributed by atoms with Crippen LogP contribution in [-0.2, 0) is 18.9 Å². The summed E-state index contributed by atoms with van der Waals surface area (Å²) in [6.07, 6.45) is -11.6. The van der Waals surface area contributed by atoms with Gasteiger partial charge in [0.05, 0.1) is 12.7 Å². The zero-order valence-corrected chi connectivity index (χ0v) is 13.4. The molecule has 6 N–H and O–H groups in total. The molecule has 0 aromatic heterocycles. The summed E-state index contributed by atoms with van der Waals surface area (Å²) >= 11 is 3.12. The maximum atomic E-state index is 10.00. The van der Waals surface area contributed by atoms with Crippen LogP contribution in [0.3, 0.4) is 0 Å². The van der Waals surface area contributed by atoms with E-state index in [0.717, 1.165) is 0 Å². The van der Waals surface area contributed by atoms with Crippen molar-refractivity contribution in [2.75, 3.05) is 11.9 Å². The maximum Gasteiger partial charge on any atom is 0.245 e. The van der Waals surface area contributed by atoms with Gasteiger partial charge in [-0.05, 0) is 0 Å². The topological polar surface area (TPSA) is 158 Å². The maximum absolute atomic E-state index is 10.00. The summed E-state index contributed by atoms with van der Waals surface area (Å²) < 4.78 is 21.1. The Labute approximate surface area is 139 Å². The molecule has 3 aliphatic rings. The number of ether oxygens (including phenoxy) is 4. The highest BCUT2D eigenvalue weighted by molar-refractivity contribution is 9.09. The third kappa shape index (κ3) is 2.93. The number of hydrogen-bond acceptors (Lipinski definition) is 10. The standard InChI is InChI=1S/C12H19BrO10/c13-1-3-5(14)6(15)7(16)10(21-3)23-8-4-2-20-9(8)12(18,19)11(17)22-4/h3-11,14-19H,1-2H2/t3?,4?,5-,6-,7?,8+,9-,10-,11+/m0/s1. The van der Waals surface area contributed by atoms with Crippen molar-refractivity contribution in [1.82, 2.24) is 0 Å². The summed E-state index contributed by atoms with van der Waals surface area (Å²) in [5.74, 6) is -2.69. The third-order valence-corrected chi connectivity index (χ3v) is 4.94. The van der Waals surface area contributed by atoms with Crippen LogP contribution in [0.2, 0.25) is 0 Å². The van der Waals surface area contributed by atoms with Gasteiger partial charge in [0.15, 0.2) is 6.29 Å². The van der Waals surface area contributed by atoms with Gasteiger partial charge in [-0.3, -0.25) is 0 Å². The van der Waals surface area contributed by atoms with Crippen LogP contribution >= 0.6 is 15.9 Å². The number of aliphatic hydroxyl groups is 6. The first-order valence-corrected chi connectivity index (χ1v) is 8.20. The Kier molecular flexibility index (Phi) is 5.00. The van der Waals surface area contributed by atoms with Crippen LogP contribution in [-0.4, -0.2) is 104 Å². The lowest BCUT2D eigenvalue weighted by Gasteiger charge is -2.44. The molecule has 0 radical (unpaired) electrons. The molecule has 3 rings (SSSR count). The highest BCUT2D eigenvalue weighted by Gasteiger charge is 2.61. The molecule has 0 aromatic rings. The van der Waals surface area contributed by atoms with Crippen LogP contribution in [0.1, 0.15) is 0 Å². The van der Waals surface area contributed by atoms with Gasteiger partial charge in [0.1, 0.15) is 36.6 Å². The van der Waals surface area contributed by atoms with Gasteiger partial charge in [-0.2, -0.15) is 0 Å². The third-order valence-electron chi connectivity index (χ3n) is 4.30. The fraction of sp³-hybridized carbons (Fsp3) is 1.00. The SMILES string of the molecule is OC1[C@H](O[C@@H]2C3CO[C@@H]2C(O)(O)[C@H](O)O3)OC(CBr)[C@H](O)[C@@H]1O. The molecule has 3 unspecified atom stereocenters. The van der Waals surface area contributed by atoms with Gasteiger partial charge in [-0.1, -0.05) is 15.9 Å². The van der Waals surface area contributed by atoms with E-state index in [2.05, 4.69) is 15.9 Å². The molecule has 2 bridgehead atoms. The molecule has 3 saturated heterocycles. The second-order valence-corrected chi connectivity index (χ2v) is 6.48. The molecule has 0 amide bonds. The second kappa shape index (κ2) is 6.42. The fourth-order valence-corrected chi connectivity index (χ4v) is 3.48. The fourth-order valence-electron chi connectivity index (χ4n) is 2.94. The Morgan fingerprint density at radius 3 is 2.39 bits per heavy atom. The summed E-state index contributed by atoms with van der Waals surface area (Å²) in [5.41, 5.74) is 0. The Morgan fingerprint density at radius 2 is 1.74 bits per heavy atom. The highest BCUT2D eigenvalue weighted by Crippen LogP contribution is 2.38. The van der Waals surface area contributed by atoms with Crippen molar-refractivity contribution in [2.45, 2.75) is 61.1 Å². The van der Waals surface area contributed by atoms with Crippen LogP contribution < -0.4 is 0 Å². The van der Waals surface area contributed by atoms with E-state index >= 15 is 0 Å². The summed E-state index contributed by atoms with van der Waals surface area (Å²) in [7, 11) is 0. The van der Waals surface area contributed by atoms with Gasteiger partial charge in [0.2, 0.25) is 12.1 Å². The summed E-state index contributed by atoms with van der Waals surface area (Å²) in [6.45, 7) is -0.0505. The van der Waals surface area contributed by atoms with E-state index in [-0.39, 0.29) is 11.9 Å². The molecule has 0 aliphatic carbocycles. The van der Waals surface area contributed by atoms with Crippen LogP contribution in [0.25, 0.3) is 0 Å². The number of fused-ring (bicyclic) bond motifs is 2. The molecular weight excluding hydrogens is 384 g/mol. The number of rotatable bonds is 3. The van der Waals surface area contributed by atoms with Crippen LogP contribution in [0.5, 0.6) is 0 Å². The van der Waals surface area contributed by atoms with Crippen molar-refractivity contribution in [1.29, 1.82) is 0 Å². The van der Waals surface area contributed by atoms with Gasteiger partial charge in [0.25, 0.3) is 0 Å². The largest absolute Gasteiger partial charge is 0.388 e. The normalized spacial score (nSPS) is 52.6. The smallest absolute Gasteiger partial charge is 0.245 e. The molecular formula is C12H19BrO10. The van der Waals surface area contributed by atoms with Crippen LogP contribution in [0.15, 0.2) is 0 Å². The Hall–Kier alpha value is 0.0800. The Bertz CT molecular complexity index is 434. The van der Waals surface area contributed by atoms with E-state index in [0.29, 0.717) is 0 Å².